The summed E-state index contributed by atoms with van der Waals surface area (Å²) < 4.78 is 0. The van der Waals surface area contributed by atoms with Gasteiger partial charge >= 0.3 is 0 Å². The molecule has 0 fully saturated rings. The number of hydrogen-bond donors (Lipinski definition) is 2. The molecule has 0 saturated carbocycles. The standard InChI is InChI=1S/C12H12N4O.2CHN/c1-8-6-11(17)15-16-12(8)10-4-2-9(3-5-10)7-14-13;2*1-2/h2-7H,13H2,1H3,(H,15,17);2*1H. The van der Waals surface area contributed by atoms with Crippen molar-refractivity contribution in [3.8, 4) is 24.4 Å². The molecule has 2 aromatic rings. The monoisotopic (exact) mass is 282 g/mol. The molecule has 0 aliphatic carbocycles. The Morgan fingerprint density at radius 3 is 2.29 bits per heavy atom. The predicted molar refractivity (Wildman–Crippen MR) is 80.2 cm³/mol. The molecule has 0 aliphatic heterocycles. The van der Waals surface area contributed by atoms with Crippen LogP contribution in [-0.2, 0) is 0 Å². The first-order valence-corrected chi connectivity index (χ1v) is 5.62. The Morgan fingerprint density at radius 2 is 1.81 bits per heavy atom. The molecule has 0 aliphatic rings. The van der Waals surface area contributed by atoms with E-state index in [1.54, 1.807) is 6.21 Å². The zero-order chi connectivity index (χ0) is 16.3. The summed E-state index contributed by atoms with van der Waals surface area (Å²) in [5, 5.41) is 22.9. The number of aromatic amines is 1. The van der Waals surface area contributed by atoms with Crippen molar-refractivity contribution < 1.29 is 0 Å². The minimum atomic E-state index is -0.196. The van der Waals surface area contributed by atoms with Gasteiger partial charge in [-0.1, -0.05) is 24.3 Å². The van der Waals surface area contributed by atoms with Crippen molar-refractivity contribution in [2.75, 3.05) is 0 Å². The number of H-pyrrole nitrogens is 1. The van der Waals surface area contributed by atoms with Crippen LogP contribution in [0.4, 0.5) is 0 Å². The highest BCUT2D eigenvalue weighted by Gasteiger charge is 2.03. The zero-order valence-corrected chi connectivity index (χ0v) is 11.4. The Bertz CT molecular complexity index is 676. The molecule has 1 aromatic carbocycles. The normalized spacial score (nSPS) is 9.00. The molecule has 1 heterocycles. The van der Waals surface area contributed by atoms with E-state index in [1.165, 1.54) is 6.07 Å². The molecule has 0 amide bonds. The summed E-state index contributed by atoms with van der Waals surface area (Å²) in [7, 11) is 0. The SMILES string of the molecule is C#N.C#N.Cc1cc(=O)[nH]nc1-c1ccc(C=NN)cc1. The largest absolute Gasteiger partial charge is 0.323 e. The van der Waals surface area contributed by atoms with E-state index >= 15 is 0 Å². The molecule has 106 valence electrons. The Labute approximate surface area is 122 Å². The fourth-order valence-corrected chi connectivity index (χ4v) is 1.60. The molecule has 0 bridgehead atoms. The van der Waals surface area contributed by atoms with E-state index in [0.29, 0.717) is 0 Å². The summed E-state index contributed by atoms with van der Waals surface area (Å²) in [4.78, 5) is 11.1. The topological polar surface area (TPSA) is 132 Å². The molecule has 0 saturated heterocycles. The number of nitrogens with two attached hydrogens (primary N) is 1. The average molecular weight is 282 g/mol. The van der Waals surface area contributed by atoms with Gasteiger partial charge in [-0.2, -0.15) is 10.2 Å². The number of nitriles is 2. The van der Waals surface area contributed by atoms with Crippen molar-refractivity contribution in [2.45, 2.75) is 6.92 Å². The lowest BCUT2D eigenvalue weighted by Gasteiger charge is -2.03. The van der Waals surface area contributed by atoms with Crippen LogP contribution in [0.3, 0.4) is 0 Å². The van der Waals surface area contributed by atoms with Gasteiger partial charge in [0.2, 0.25) is 0 Å². The van der Waals surface area contributed by atoms with Crippen molar-refractivity contribution in [2.24, 2.45) is 10.9 Å². The predicted octanol–water partition coefficient (Wildman–Crippen LogP) is 1.32. The molecule has 0 unspecified atom stereocenters. The van der Waals surface area contributed by atoms with Crippen LogP contribution in [0.2, 0.25) is 0 Å². The van der Waals surface area contributed by atoms with Gasteiger partial charge in [0, 0.05) is 24.8 Å². The molecule has 1 aromatic heterocycles. The highest BCUT2D eigenvalue weighted by atomic mass is 16.1. The third kappa shape index (κ3) is 4.97. The number of benzene rings is 1. The number of hydrazone groups is 1. The van der Waals surface area contributed by atoms with Gasteiger partial charge in [0.25, 0.3) is 5.56 Å². The minimum Gasteiger partial charge on any atom is -0.323 e. The molecule has 2 rings (SSSR count). The number of aromatic nitrogens is 2. The Hall–Kier alpha value is -3.45. The van der Waals surface area contributed by atoms with Crippen LogP contribution in [0.1, 0.15) is 11.1 Å². The number of hydrogen-bond acceptors (Lipinski definition) is 6. The molecule has 7 nitrogen and oxygen atoms in total. The second-order valence-corrected chi connectivity index (χ2v) is 3.66. The first kappa shape index (κ1) is 17.6. The first-order chi connectivity index (χ1) is 10.2. The van der Waals surface area contributed by atoms with Crippen LogP contribution in [0, 0.1) is 30.6 Å². The average Bonchev–Trinajstić information content (AvgIpc) is 2.53. The quantitative estimate of drug-likeness (QED) is 0.487. The fourth-order valence-electron chi connectivity index (χ4n) is 1.60. The summed E-state index contributed by atoms with van der Waals surface area (Å²) >= 11 is 0. The lowest BCUT2D eigenvalue weighted by Crippen LogP contribution is -2.08. The summed E-state index contributed by atoms with van der Waals surface area (Å²) in [6, 6.07) is 9.11. The molecule has 0 spiro atoms. The maximum Gasteiger partial charge on any atom is 0.264 e. The molecule has 7 heteroatoms. The van der Waals surface area contributed by atoms with Gasteiger partial charge in [0.05, 0.1) is 11.9 Å². The fraction of sp³-hybridized carbons (Fsp3) is 0.0714. The molecule has 21 heavy (non-hydrogen) atoms. The summed E-state index contributed by atoms with van der Waals surface area (Å²) in [5.74, 6) is 5.07. The molecule has 0 radical (unpaired) electrons. The Morgan fingerprint density at radius 1 is 1.24 bits per heavy atom. The molecular formula is C14H14N6O. The highest BCUT2D eigenvalue weighted by molar-refractivity contribution is 5.80. The summed E-state index contributed by atoms with van der Waals surface area (Å²) in [6.07, 6.45) is 1.57. The number of nitrogens with zero attached hydrogens (tertiary/aromatic N) is 4. The van der Waals surface area contributed by atoms with Gasteiger partial charge in [-0.25, -0.2) is 15.6 Å². The van der Waals surface area contributed by atoms with E-state index in [4.69, 9.17) is 16.4 Å². The third-order valence-corrected chi connectivity index (χ3v) is 2.41. The Balaban J connectivity index is 0.000000921. The highest BCUT2D eigenvalue weighted by Crippen LogP contribution is 2.18. The van der Waals surface area contributed by atoms with Crippen molar-refractivity contribution in [1.82, 2.24) is 10.2 Å². The van der Waals surface area contributed by atoms with Crippen LogP contribution < -0.4 is 11.4 Å². The van der Waals surface area contributed by atoms with E-state index < -0.39 is 0 Å². The van der Waals surface area contributed by atoms with E-state index in [1.807, 2.05) is 31.2 Å². The van der Waals surface area contributed by atoms with Gasteiger partial charge < -0.3 is 5.84 Å². The van der Waals surface area contributed by atoms with Crippen LogP contribution >= 0.6 is 0 Å². The van der Waals surface area contributed by atoms with Crippen molar-refractivity contribution in [1.29, 1.82) is 10.5 Å². The lowest BCUT2D eigenvalue weighted by molar-refractivity contribution is 0.981. The van der Waals surface area contributed by atoms with E-state index in [0.717, 1.165) is 22.4 Å². The van der Waals surface area contributed by atoms with Gasteiger partial charge in [-0.3, -0.25) is 4.79 Å². The van der Waals surface area contributed by atoms with Crippen LogP contribution in [0.15, 0.2) is 40.2 Å². The number of rotatable bonds is 2. The third-order valence-electron chi connectivity index (χ3n) is 2.41. The maximum absolute atomic E-state index is 11.1. The second-order valence-electron chi connectivity index (χ2n) is 3.66. The number of aryl methyl sites for hydroxylation is 1. The van der Waals surface area contributed by atoms with Crippen LogP contribution in [-0.4, -0.2) is 16.4 Å². The van der Waals surface area contributed by atoms with Crippen molar-refractivity contribution in [3.05, 3.63) is 51.8 Å². The van der Waals surface area contributed by atoms with Gasteiger partial charge in [-0.15, -0.1) is 0 Å². The molecule has 0 atom stereocenters. The van der Waals surface area contributed by atoms with Crippen molar-refractivity contribution in [3.63, 3.8) is 0 Å². The van der Waals surface area contributed by atoms with Gasteiger partial charge in [-0.05, 0) is 18.1 Å². The van der Waals surface area contributed by atoms with E-state index in [9.17, 15) is 4.79 Å². The van der Waals surface area contributed by atoms with Gasteiger partial charge in [0.15, 0.2) is 0 Å². The summed E-state index contributed by atoms with van der Waals surface area (Å²) in [5.41, 5.74) is 3.26. The van der Waals surface area contributed by atoms with E-state index in [2.05, 4.69) is 28.4 Å². The Kier molecular flexibility index (Phi) is 7.92. The second kappa shape index (κ2) is 9.48. The van der Waals surface area contributed by atoms with Crippen LogP contribution in [0.25, 0.3) is 11.3 Å². The number of nitrogens with one attached hydrogen (secondary N) is 1. The molecule has 3 N–H and O–H groups in total. The lowest BCUT2D eigenvalue weighted by atomic mass is 10.1. The van der Waals surface area contributed by atoms with E-state index in [-0.39, 0.29) is 5.56 Å². The first-order valence-electron chi connectivity index (χ1n) is 5.62. The molecular weight excluding hydrogens is 268 g/mol. The smallest absolute Gasteiger partial charge is 0.264 e. The zero-order valence-electron chi connectivity index (χ0n) is 11.4. The minimum absolute atomic E-state index is 0.196. The van der Waals surface area contributed by atoms with Crippen molar-refractivity contribution >= 4 is 6.21 Å². The van der Waals surface area contributed by atoms with Gasteiger partial charge in [0.1, 0.15) is 0 Å². The summed E-state index contributed by atoms with van der Waals surface area (Å²) in [6.45, 7) is 8.85. The van der Waals surface area contributed by atoms with Crippen LogP contribution in [0.5, 0.6) is 0 Å². The maximum atomic E-state index is 11.1.